The number of allylic oxidation sites excluding steroid dienone is 1. The summed E-state index contributed by atoms with van der Waals surface area (Å²) in [7, 11) is 0. The second-order valence-corrected chi connectivity index (χ2v) is 11.6. The Morgan fingerprint density at radius 2 is 1.73 bits per heavy atom. The fourth-order valence-corrected chi connectivity index (χ4v) is 6.49. The fourth-order valence-electron chi connectivity index (χ4n) is 6.49. The molecular weight excluding hydrogens is 562 g/mol. The van der Waals surface area contributed by atoms with Gasteiger partial charge in [-0.25, -0.2) is 0 Å². The average molecular weight is 598 g/mol. The van der Waals surface area contributed by atoms with Crippen molar-refractivity contribution < 1.29 is 33.6 Å². The monoisotopic (exact) mass is 597 g/mol. The lowest BCUT2D eigenvalue weighted by Crippen LogP contribution is -2.57. The number of para-hydroxylation sites is 1. The van der Waals surface area contributed by atoms with E-state index in [0.29, 0.717) is 57.1 Å². The number of nitrogens with one attached hydrogen (secondary N) is 1. The molecule has 7 rings (SSSR count). The van der Waals surface area contributed by atoms with Crippen molar-refractivity contribution in [3.63, 3.8) is 0 Å². The summed E-state index contributed by atoms with van der Waals surface area (Å²) < 4.78 is 23.5. The second-order valence-electron chi connectivity index (χ2n) is 11.6. The van der Waals surface area contributed by atoms with Gasteiger partial charge >= 0.3 is 0 Å². The van der Waals surface area contributed by atoms with Gasteiger partial charge in [0.2, 0.25) is 19.0 Å². The van der Waals surface area contributed by atoms with Crippen LogP contribution in [0.4, 0.5) is 5.69 Å². The summed E-state index contributed by atoms with van der Waals surface area (Å²) >= 11 is 0. The minimum atomic E-state index is -0.688. The first kappa shape index (κ1) is 28.2. The molecule has 2 amide bonds. The van der Waals surface area contributed by atoms with Crippen molar-refractivity contribution in [2.75, 3.05) is 31.5 Å². The summed E-state index contributed by atoms with van der Waals surface area (Å²) in [4.78, 5) is 31.0. The maximum absolute atomic E-state index is 13.9. The molecule has 0 aliphatic carbocycles. The highest BCUT2D eigenvalue weighted by molar-refractivity contribution is 5.95. The van der Waals surface area contributed by atoms with Crippen LogP contribution in [0.5, 0.6) is 11.5 Å². The minimum Gasteiger partial charge on any atom is -0.459 e. The van der Waals surface area contributed by atoms with Gasteiger partial charge in [-0.3, -0.25) is 9.59 Å². The number of hydrogen-bond acceptors (Lipinski definition) is 8. The fraction of sp³-hybridized carbons (Fsp3) is 0.353. The number of likely N-dealkylation sites (tertiary alicyclic amines) is 1. The largest absolute Gasteiger partial charge is 0.459 e. The van der Waals surface area contributed by atoms with Crippen LogP contribution in [0.25, 0.3) is 0 Å². The zero-order valence-corrected chi connectivity index (χ0v) is 24.3. The molecule has 0 radical (unpaired) electrons. The summed E-state index contributed by atoms with van der Waals surface area (Å²) in [5, 5.41) is 12.4. The molecule has 2 fully saturated rings. The van der Waals surface area contributed by atoms with E-state index in [-0.39, 0.29) is 36.9 Å². The Morgan fingerprint density at radius 3 is 2.50 bits per heavy atom. The van der Waals surface area contributed by atoms with Crippen molar-refractivity contribution in [3.8, 4) is 11.5 Å². The molecule has 0 bridgehead atoms. The molecule has 2 unspecified atom stereocenters. The summed E-state index contributed by atoms with van der Waals surface area (Å²) in [6.45, 7) is 1.75. The molecule has 2 atom stereocenters. The number of nitrogens with zero attached hydrogens (tertiary/aromatic N) is 2. The van der Waals surface area contributed by atoms with E-state index in [1.807, 2.05) is 78.9 Å². The number of carbonyl (C=O) groups is 2. The number of aliphatic hydroxyl groups is 1. The molecule has 0 saturated carbocycles. The molecular formula is C34H35N3O7. The number of rotatable bonds is 7. The van der Waals surface area contributed by atoms with Crippen molar-refractivity contribution >= 4 is 17.5 Å². The Hall–Kier alpha value is -4.54. The zero-order valence-electron chi connectivity index (χ0n) is 24.3. The molecule has 10 heteroatoms. The normalized spacial score (nSPS) is 22.0. The predicted molar refractivity (Wildman–Crippen MR) is 161 cm³/mol. The van der Waals surface area contributed by atoms with Gasteiger partial charge in [-0.2, -0.15) is 0 Å². The Kier molecular flexibility index (Phi) is 7.61. The number of benzene rings is 3. The highest BCUT2D eigenvalue weighted by Gasteiger charge is 2.51. The first-order chi connectivity index (χ1) is 21.5. The highest BCUT2D eigenvalue weighted by atomic mass is 16.7. The van der Waals surface area contributed by atoms with Crippen LogP contribution in [-0.2, 0) is 32.3 Å². The third-order valence-electron chi connectivity index (χ3n) is 9.02. The highest BCUT2D eigenvalue weighted by Crippen LogP contribution is 2.40. The van der Waals surface area contributed by atoms with Crippen LogP contribution in [-0.4, -0.2) is 60.2 Å². The van der Waals surface area contributed by atoms with Crippen molar-refractivity contribution in [2.24, 2.45) is 0 Å². The minimum absolute atomic E-state index is 0.00458. The van der Waals surface area contributed by atoms with E-state index in [2.05, 4.69) is 10.2 Å². The first-order valence-corrected chi connectivity index (χ1v) is 15.0. The van der Waals surface area contributed by atoms with Crippen LogP contribution >= 0.6 is 0 Å². The van der Waals surface area contributed by atoms with Gasteiger partial charge in [-0.05, 0) is 59.9 Å². The smallest absolute Gasteiger partial charge is 0.288 e. The van der Waals surface area contributed by atoms with Crippen LogP contribution in [0.3, 0.4) is 0 Å². The summed E-state index contributed by atoms with van der Waals surface area (Å²) in [6, 6.07) is 23.3. The van der Waals surface area contributed by atoms with Gasteiger partial charge in [0.15, 0.2) is 17.3 Å². The lowest BCUT2D eigenvalue weighted by molar-refractivity contribution is -0.157. The topological polar surface area (TPSA) is 110 Å². The van der Waals surface area contributed by atoms with Crippen molar-refractivity contribution in [2.45, 2.75) is 50.2 Å². The van der Waals surface area contributed by atoms with E-state index in [0.717, 1.165) is 22.4 Å². The molecule has 0 aromatic heterocycles. The van der Waals surface area contributed by atoms with Gasteiger partial charge in [-0.1, -0.05) is 48.5 Å². The number of aliphatic hydroxyl groups excluding tert-OH is 1. The molecule has 4 aliphatic rings. The van der Waals surface area contributed by atoms with Crippen LogP contribution in [0.1, 0.15) is 41.9 Å². The molecule has 3 aromatic rings. The zero-order chi connectivity index (χ0) is 30.1. The molecule has 4 aliphatic heterocycles. The molecule has 2 saturated heterocycles. The lowest BCUT2D eigenvalue weighted by Gasteiger charge is -2.43. The SMILES string of the molecule is O=C(C1=CC(c2ccc3c(c2)OCO3)CC(OCc2ccc(CO)cc2)O1)N1CCC2(CC1)C(=O)NCN2c1ccccc1. The number of ether oxygens (including phenoxy) is 4. The maximum Gasteiger partial charge on any atom is 0.288 e. The number of carbonyl (C=O) groups excluding carboxylic acids is 2. The third kappa shape index (κ3) is 5.35. The molecule has 4 heterocycles. The number of fused-ring (bicyclic) bond motifs is 1. The van der Waals surface area contributed by atoms with Crippen LogP contribution < -0.4 is 19.7 Å². The molecule has 44 heavy (non-hydrogen) atoms. The van der Waals surface area contributed by atoms with Crippen LogP contribution in [0.15, 0.2) is 84.6 Å². The van der Waals surface area contributed by atoms with Crippen molar-refractivity contribution in [1.29, 1.82) is 0 Å². The maximum atomic E-state index is 13.9. The van der Waals surface area contributed by atoms with Crippen LogP contribution in [0, 0.1) is 0 Å². The molecule has 1 spiro atoms. The molecule has 3 aromatic carbocycles. The van der Waals surface area contributed by atoms with E-state index in [1.54, 1.807) is 4.90 Å². The van der Waals surface area contributed by atoms with E-state index >= 15 is 0 Å². The first-order valence-electron chi connectivity index (χ1n) is 15.0. The summed E-state index contributed by atoms with van der Waals surface area (Å²) in [5.41, 5.74) is 3.04. The Morgan fingerprint density at radius 1 is 0.977 bits per heavy atom. The Balaban J connectivity index is 1.09. The van der Waals surface area contributed by atoms with E-state index in [9.17, 15) is 14.7 Å². The number of piperidine rings is 1. The number of hydrogen-bond donors (Lipinski definition) is 2. The van der Waals surface area contributed by atoms with Crippen LogP contribution in [0.2, 0.25) is 0 Å². The van der Waals surface area contributed by atoms with Gasteiger partial charge in [-0.15, -0.1) is 0 Å². The summed E-state index contributed by atoms with van der Waals surface area (Å²) in [6.07, 6.45) is 2.76. The van der Waals surface area contributed by atoms with E-state index in [4.69, 9.17) is 18.9 Å². The number of anilines is 1. The molecule has 228 valence electrons. The molecule has 2 N–H and O–H groups in total. The standard InChI is InChI=1S/C34H35N3O7/c38-19-23-6-8-24(9-7-23)20-41-31-18-26(25-10-11-28-29(16-25)43-22-42-28)17-30(44-31)32(39)36-14-12-34(13-15-36)33(40)35-21-37(34)27-4-2-1-3-5-27/h1-11,16-17,26,31,38H,12-15,18-22H2,(H,35,40). The van der Waals surface area contributed by atoms with Gasteiger partial charge < -0.3 is 39.2 Å². The summed E-state index contributed by atoms with van der Waals surface area (Å²) in [5.74, 6) is 1.26. The quantitative estimate of drug-likeness (QED) is 0.424. The Labute approximate surface area is 255 Å². The Bertz CT molecular complexity index is 1550. The average Bonchev–Trinajstić information content (AvgIpc) is 3.68. The van der Waals surface area contributed by atoms with Gasteiger partial charge in [0.1, 0.15) is 5.54 Å². The van der Waals surface area contributed by atoms with Gasteiger partial charge in [0.05, 0.1) is 19.9 Å². The number of amides is 2. The van der Waals surface area contributed by atoms with Crippen molar-refractivity contribution in [1.82, 2.24) is 10.2 Å². The van der Waals surface area contributed by atoms with E-state index < -0.39 is 11.8 Å². The second kappa shape index (κ2) is 11.9. The predicted octanol–water partition coefficient (Wildman–Crippen LogP) is 3.79. The van der Waals surface area contributed by atoms with Gasteiger partial charge in [0, 0.05) is 31.1 Å². The van der Waals surface area contributed by atoms with E-state index in [1.165, 1.54) is 0 Å². The molecule has 10 nitrogen and oxygen atoms in total. The third-order valence-corrected chi connectivity index (χ3v) is 9.02. The van der Waals surface area contributed by atoms with Crippen molar-refractivity contribution in [3.05, 3.63) is 101 Å². The lowest BCUT2D eigenvalue weighted by atomic mass is 9.85. The van der Waals surface area contributed by atoms with Gasteiger partial charge in [0.25, 0.3) is 5.91 Å².